The van der Waals surface area contributed by atoms with Crippen LogP contribution < -0.4 is 14.4 Å². The van der Waals surface area contributed by atoms with E-state index in [-0.39, 0.29) is 40.1 Å². The zero-order chi connectivity index (χ0) is 28.0. The summed E-state index contributed by atoms with van der Waals surface area (Å²) in [7, 11) is -1.55. The number of nitrogens with zero attached hydrogens (tertiary/aromatic N) is 1. The average molecular weight is 581 g/mol. The number of carbonyl (C=O) groups excluding carboxylic acids is 2. The van der Waals surface area contributed by atoms with E-state index in [9.17, 15) is 13.8 Å². The standard InChI is InChI=1S/C32H37ClN2O4S/c1-20-5-3-7-29(36)26-11-8-24(26)17-35-18-32(14-4-6-22-15-25(33)10-12-27(22)32)19-39-30-13-9-23(16-28(30)35)31(37)34-40(38)21(20)2/h3,7,9-10,12-13,15-16,20-21,24,26H,4-6,8,11,14,17-19H2,1-2H3,(H,34,37)/b7-3+/t20-,21?,24?,26?,32?,40?/m0/s1. The molecule has 2 aromatic carbocycles. The molecule has 0 aromatic heterocycles. The van der Waals surface area contributed by atoms with Crippen LogP contribution in [0.4, 0.5) is 5.69 Å². The molecule has 5 unspecified atom stereocenters. The molecule has 1 amide bonds. The van der Waals surface area contributed by atoms with Crippen LogP contribution in [0.3, 0.4) is 0 Å². The van der Waals surface area contributed by atoms with Crippen LogP contribution in [-0.2, 0) is 27.6 Å². The third-order valence-electron chi connectivity index (χ3n) is 9.66. The number of ketones is 1. The maximum atomic E-state index is 13.3. The molecule has 212 valence electrons. The number of aryl methyl sites for hydroxylation is 1. The highest BCUT2D eigenvalue weighted by Crippen LogP contribution is 2.46. The molecule has 1 spiro atoms. The van der Waals surface area contributed by atoms with E-state index in [1.807, 2.05) is 38.1 Å². The second kappa shape index (κ2) is 11.0. The average Bonchev–Trinajstić information content (AvgIpc) is 3.07. The van der Waals surface area contributed by atoms with Gasteiger partial charge in [-0.05, 0) is 105 Å². The van der Waals surface area contributed by atoms with Crippen molar-refractivity contribution in [1.29, 1.82) is 0 Å². The van der Waals surface area contributed by atoms with Gasteiger partial charge in [-0.25, -0.2) is 4.21 Å². The number of benzene rings is 2. The molecule has 4 aliphatic rings. The fourth-order valence-electron chi connectivity index (χ4n) is 6.87. The Kier molecular flexibility index (Phi) is 7.55. The molecule has 2 aromatic rings. The molecule has 2 heterocycles. The lowest BCUT2D eigenvalue weighted by molar-refractivity contribution is -0.122. The van der Waals surface area contributed by atoms with Crippen molar-refractivity contribution in [3.8, 4) is 5.75 Å². The SMILES string of the molecule is CC1[C@@H](C)C/C=C/C(=O)C2CCC2CN2CC3(CCCc4cc(Cl)ccc43)COc3ccc(cc32)C(=O)NS1=O. The summed E-state index contributed by atoms with van der Waals surface area (Å²) < 4.78 is 22.3. The molecular weight excluding hydrogens is 544 g/mol. The van der Waals surface area contributed by atoms with Gasteiger partial charge in [-0.1, -0.05) is 30.7 Å². The van der Waals surface area contributed by atoms with E-state index in [0.29, 0.717) is 18.6 Å². The Morgan fingerprint density at radius 3 is 2.77 bits per heavy atom. The minimum absolute atomic E-state index is 0.00137. The third kappa shape index (κ3) is 5.11. The summed E-state index contributed by atoms with van der Waals surface area (Å²) >= 11 is 6.38. The van der Waals surface area contributed by atoms with Crippen LogP contribution in [0.1, 0.15) is 67.4 Å². The first-order valence-electron chi connectivity index (χ1n) is 14.5. The predicted octanol–water partition coefficient (Wildman–Crippen LogP) is 5.79. The van der Waals surface area contributed by atoms with Crippen molar-refractivity contribution in [3.05, 3.63) is 70.3 Å². The fraction of sp³-hybridized carbons (Fsp3) is 0.500. The summed E-state index contributed by atoms with van der Waals surface area (Å²) in [5, 5.41) is 0.493. The van der Waals surface area contributed by atoms with Gasteiger partial charge in [-0.15, -0.1) is 0 Å². The molecule has 6 rings (SSSR count). The predicted molar refractivity (Wildman–Crippen MR) is 159 cm³/mol. The van der Waals surface area contributed by atoms with Crippen LogP contribution in [0.25, 0.3) is 0 Å². The van der Waals surface area contributed by atoms with E-state index in [1.165, 1.54) is 11.1 Å². The van der Waals surface area contributed by atoms with Crippen LogP contribution in [0.15, 0.2) is 48.6 Å². The molecule has 6 atom stereocenters. The van der Waals surface area contributed by atoms with Crippen molar-refractivity contribution in [2.24, 2.45) is 17.8 Å². The van der Waals surface area contributed by atoms with Gasteiger partial charge in [0.15, 0.2) is 5.78 Å². The number of nitrogens with one attached hydrogen (secondary N) is 1. The van der Waals surface area contributed by atoms with Gasteiger partial charge in [0.2, 0.25) is 0 Å². The van der Waals surface area contributed by atoms with Crippen molar-refractivity contribution >= 4 is 40.0 Å². The van der Waals surface area contributed by atoms with Crippen molar-refractivity contribution in [1.82, 2.24) is 4.72 Å². The van der Waals surface area contributed by atoms with Crippen molar-refractivity contribution in [2.45, 2.75) is 63.0 Å². The highest BCUT2D eigenvalue weighted by atomic mass is 35.5. The van der Waals surface area contributed by atoms with Gasteiger partial charge in [0, 0.05) is 35.0 Å². The molecule has 0 saturated heterocycles. The van der Waals surface area contributed by atoms with E-state index in [1.54, 1.807) is 12.1 Å². The largest absolute Gasteiger partial charge is 0.490 e. The monoisotopic (exact) mass is 580 g/mol. The van der Waals surface area contributed by atoms with E-state index >= 15 is 0 Å². The molecule has 1 N–H and O–H groups in total. The van der Waals surface area contributed by atoms with Gasteiger partial charge in [0.1, 0.15) is 16.7 Å². The Morgan fingerprint density at radius 2 is 1.98 bits per heavy atom. The molecular formula is C32H37ClN2O4S. The first-order valence-corrected chi connectivity index (χ1v) is 16.1. The summed E-state index contributed by atoms with van der Waals surface area (Å²) in [5.74, 6) is 0.860. The Morgan fingerprint density at radius 1 is 1.12 bits per heavy atom. The topological polar surface area (TPSA) is 75.7 Å². The number of allylic oxidation sites excluding steroid dienone is 2. The minimum Gasteiger partial charge on any atom is -0.490 e. The summed E-state index contributed by atoms with van der Waals surface area (Å²) in [6, 6.07) is 11.7. The van der Waals surface area contributed by atoms with E-state index < -0.39 is 11.0 Å². The van der Waals surface area contributed by atoms with Gasteiger partial charge >= 0.3 is 0 Å². The van der Waals surface area contributed by atoms with Gasteiger partial charge < -0.3 is 9.64 Å². The van der Waals surface area contributed by atoms with Gasteiger partial charge in [-0.3, -0.25) is 14.3 Å². The Labute approximate surface area is 244 Å². The number of amides is 1. The first kappa shape index (κ1) is 27.5. The number of ether oxygens (including phenoxy) is 1. The first-order chi connectivity index (χ1) is 19.2. The number of hydrogen-bond acceptors (Lipinski definition) is 5. The highest BCUT2D eigenvalue weighted by molar-refractivity contribution is 7.84. The molecule has 2 aliphatic carbocycles. The quantitative estimate of drug-likeness (QED) is 0.427. The lowest BCUT2D eigenvalue weighted by atomic mass is 9.68. The smallest absolute Gasteiger partial charge is 0.263 e. The molecule has 6 nitrogen and oxygen atoms in total. The van der Waals surface area contributed by atoms with E-state index in [4.69, 9.17) is 16.3 Å². The Balaban J connectivity index is 1.41. The second-order valence-corrected chi connectivity index (χ2v) is 14.2. The summed E-state index contributed by atoms with van der Waals surface area (Å²) in [5.41, 5.74) is 3.65. The van der Waals surface area contributed by atoms with Gasteiger partial charge in [0.25, 0.3) is 5.91 Å². The normalized spacial score (nSPS) is 33.1. The molecule has 8 heteroatoms. The number of anilines is 1. The lowest BCUT2D eigenvalue weighted by Crippen LogP contribution is -2.49. The molecule has 2 bridgehead atoms. The van der Waals surface area contributed by atoms with E-state index in [0.717, 1.165) is 61.7 Å². The Bertz CT molecular complexity index is 1390. The van der Waals surface area contributed by atoms with Gasteiger partial charge in [-0.2, -0.15) is 0 Å². The summed E-state index contributed by atoms with van der Waals surface area (Å²) in [6.07, 6.45) is 9.22. The zero-order valence-corrected chi connectivity index (χ0v) is 24.7. The summed E-state index contributed by atoms with van der Waals surface area (Å²) in [6.45, 7) is 5.86. The molecule has 1 saturated carbocycles. The third-order valence-corrected chi connectivity index (χ3v) is 11.4. The molecule has 2 aliphatic heterocycles. The van der Waals surface area contributed by atoms with Crippen molar-refractivity contribution in [2.75, 3.05) is 24.6 Å². The number of fused-ring (bicyclic) bond motifs is 4. The van der Waals surface area contributed by atoms with Crippen LogP contribution in [0, 0.1) is 17.8 Å². The molecule has 1 fully saturated rings. The molecule has 40 heavy (non-hydrogen) atoms. The highest BCUT2D eigenvalue weighted by Gasteiger charge is 2.44. The van der Waals surface area contributed by atoms with Crippen LogP contribution in [-0.4, -0.2) is 40.8 Å². The maximum absolute atomic E-state index is 13.3. The minimum atomic E-state index is -1.55. The van der Waals surface area contributed by atoms with Crippen molar-refractivity contribution in [3.63, 3.8) is 0 Å². The lowest BCUT2D eigenvalue weighted by Gasteiger charge is -2.44. The van der Waals surface area contributed by atoms with Crippen molar-refractivity contribution < 1.29 is 18.5 Å². The van der Waals surface area contributed by atoms with Crippen LogP contribution in [0.5, 0.6) is 5.75 Å². The Hall–Kier alpha value is -2.64. The number of carbonyl (C=O) groups is 2. The fourth-order valence-corrected chi connectivity index (χ4v) is 8.08. The maximum Gasteiger partial charge on any atom is 0.263 e. The zero-order valence-electron chi connectivity index (χ0n) is 23.2. The molecule has 0 radical (unpaired) electrons. The second-order valence-electron chi connectivity index (χ2n) is 12.2. The van der Waals surface area contributed by atoms with Gasteiger partial charge in [0.05, 0.1) is 17.5 Å². The number of rotatable bonds is 0. The van der Waals surface area contributed by atoms with E-state index in [2.05, 4.69) is 21.8 Å². The van der Waals surface area contributed by atoms with Crippen LogP contribution in [0.2, 0.25) is 5.02 Å². The number of hydrogen-bond donors (Lipinski definition) is 1. The number of halogens is 1. The van der Waals surface area contributed by atoms with Crippen LogP contribution >= 0.6 is 11.6 Å². The summed E-state index contributed by atoms with van der Waals surface area (Å²) in [4.78, 5) is 28.8.